The van der Waals surface area contributed by atoms with E-state index in [-0.39, 0.29) is 5.91 Å². The van der Waals surface area contributed by atoms with Gasteiger partial charge in [0.05, 0.1) is 6.54 Å². The zero-order valence-corrected chi connectivity index (χ0v) is 13.3. The molecule has 0 aliphatic heterocycles. The maximum atomic E-state index is 11.7. The van der Waals surface area contributed by atoms with Gasteiger partial charge in [-0.15, -0.1) is 11.3 Å². The van der Waals surface area contributed by atoms with Crippen molar-refractivity contribution in [2.45, 2.75) is 26.8 Å². The largest absolute Gasteiger partial charge is 0.348 e. The molecule has 0 aliphatic rings. The summed E-state index contributed by atoms with van der Waals surface area (Å²) in [4.78, 5) is 12.9. The van der Waals surface area contributed by atoms with E-state index in [1.54, 1.807) is 17.4 Å². The number of hydrogen-bond donors (Lipinski definition) is 1. The van der Waals surface area contributed by atoms with Gasteiger partial charge in [0.1, 0.15) is 0 Å². The molecule has 0 spiro atoms. The maximum Gasteiger partial charge on any atom is 0.244 e. The van der Waals surface area contributed by atoms with E-state index < -0.39 is 0 Å². The second kappa shape index (κ2) is 7.79. The van der Waals surface area contributed by atoms with E-state index in [1.807, 2.05) is 23.6 Å². The Morgan fingerprint density at radius 3 is 2.62 bits per heavy atom. The van der Waals surface area contributed by atoms with E-state index in [4.69, 9.17) is 0 Å². The standard InChI is InChI=1S/C18H21NOS/c1-14(2)12-16-7-5-15(6-8-16)9-10-18(20)19-13-17-4-3-11-21-17/h3-11,14H,12-13H2,1-2H3,(H,19,20)/b10-9+. The summed E-state index contributed by atoms with van der Waals surface area (Å²) in [5, 5.41) is 4.89. The molecule has 0 aliphatic carbocycles. The van der Waals surface area contributed by atoms with Gasteiger partial charge in [0, 0.05) is 11.0 Å². The van der Waals surface area contributed by atoms with Crippen LogP contribution < -0.4 is 5.32 Å². The number of amides is 1. The van der Waals surface area contributed by atoms with Crippen molar-refractivity contribution in [3.63, 3.8) is 0 Å². The minimum Gasteiger partial charge on any atom is -0.348 e. The van der Waals surface area contributed by atoms with Crippen molar-refractivity contribution in [3.8, 4) is 0 Å². The van der Waals surface area contributed by atoms with Crippen LogP contribution in [0.3, 0.4) is 0 Å². The van der Waals surface area contributed by atoms with Crippen LogP contribution in [-0.4, -0.2) is 5.91 Å². The molecular formula is C18H21NOS. The second-order valence-corrected chi connectivity index (χ2v) is 6.50. The fourth-order valence-corrected chi connectivity index (χ4v) is 2.70. The highest BCUT2D eigenvalue weighted by Crippen LogP contribution is 2.11. The molecule has 1 N–H and O–H groups in total. The zero-order chi connectivity index (χ0) is 15.1. The van der Waals surface area contributed by atoms with Gasteiger partial charge in [-0.25, -0.2) is 0 Å². The van der Waals surface area contributed by atoms with Crippen LogP contribution in [0.4, 0.5) is 0 Å². The summed E-state index contributed by atoms with van der Waals surface area (Å²) >= 11 is 1.65. The number of benzene rings is 1. The molecule has 0 bridgehead atoms. The third-order valence-corrected chi connectivity index (χ3v) is 3.94. The summed E-state index contributed by atoms with van der Waals surface area (Å²) in [7, 11) is 0. The fourth-order valence-electron chi connectivity index (χ4n) is 2.05. The van der Waals surface area contributed by atoms with Crippen LogP contribution in [0.5, 0.6) is 0 Å². The lowest BCUT2D eigenvalue weighted by Crippen LogP contribution is -2.19. The third kappa shape index (κ3) is 5.56. The Kier molecular flexibility index (Phi) is 5.76. The van der Waals surface area contributed by atoms with Crippen molar-refractivity contribution in [1.29, 1.82) is 0 Å². The van der Waals surface area contributed by atoms with Crippen LogP contribution in [0, 0.1) is 5.92 Å². The summed E-state index contributed by atoms with van der Waals surface area (Å²) in [6, 6.07) is 12.4. The summed E-state index contributed by atoms with van der Waals surface area (Å²) < 4.78 is 0. The molecule has 21 heavy (non-hydrogen) atoms. The van der Waals surface area contributed by atoms with Gasteiger partial charge in [-0.1, -0.05) is 44.2 Å². The molecule has 0 radical (unpaired) electrons. The minimum absolute atomic E-state index is 0.0605. The van der Waals surface area contributed by atoms with E-state index in [0.29, 0.717) is 12.5 Å². The molecule has 110 valence electrons. The third-order valence-electron chi connectivity index (χ3n) is 3.07. The normalized spacial score (nSPS) is 11.2. The first-order valence-electron chi connectivity index (χ1n) is 7.20. The number of hydrogen-bond acceptors (Lipinski definition) is 2. The van der Waals surface area contributed by atoms with Crippen molar-refractivity contribution in [1.82, 2.24) is 5.32 Å². The van der Waals surface area contributed by atoms with Gasteiger partial charge < -0.3 is 5.32 Å². The van der Waals surface area contributed by atoms with E-state index in [2.05, 4.69) is 43.4 Å². The van der Waals surface area contributed by atoms with Gasteiger partial charge in [-0.05, 0) is 41.0 Å². The average molecular weight is 299 g/mol. The molecule has 0 unspecified atom stereocenters. The molecule has 2 rings (SSSR count). The number of carbonyl (C=O) groups excluding carboxylic acids is 1. The first kappa shape index (κ1) is 15.5. The lowest BCUT2D eigenvalue weighted by Gasteiger charge is -2.04. The van der Waals surface area contributed by atoms with E-state index in [0.717, 1.165) is 16.9 Å². The van der Waals surface area contributed by atoms with Crippen LogP contribution in [0.25, 0.3) is 6.08 Å². The highest BCUT2D eigenvalue weighted by molar-refractivity contribution is 7.09. The maximum absolute atomic E-state index is 11.7. The summed E-state index contributed by atoms with van der Waals surface area (Å²) in [6.07, 6.45) is 4.53. The van der Waals surface area contributed by atoms with Gasteiger partial charge in [0.2, 0.25) is 5.91 Å². The predicted octanol–water partition coefficient (Wildman–Crippen LogP) is 4.28. The first-order chi connectivity index (χ1) is 10.1. The number of nitrogens with one attached hydrogen (secondary N) is 1. The molecule has 0 atom stereocenters. The summed E-state index contributed by atoms with van der Waals surface area (Å²) in [5.41, 5.74) is 2.39. The van der Waals surface area contributed by atoms with E-state index in [9.17, 15) is 4.79 Å². The molecule has 1 aromatic heterocycles. The highest BCUT2D eigenvalue weighted by Gasteiger charge is 1.99. The van der Waals surface area contributed by atoms with Gasteiger partial charge in [-0.2, -0.15) is 0 Å². The van der Waals surface area contributed by atoms with Crippen molar-refractivity contribution in [2.75, 3.05) is 0 Å². The number of rotatable bonds is 6. The SMILES string of the molecule is CC(C)Cc1ccc(/C=C/C(=O)NCc2cccs2)cc1. The Labute approximate surface area is 130 Å². The van der Waals surface area contributed by atoms with Crippen LogP contribution in [0.1, 0.15) is 29.9 Å². The number of carbonyl (C=O) groups is 1. The Hall–Kier alpha value is -1.87. The van der Waals surface area contributed by atoms with Crippen molar-refractivity contribution < 1.29 is 4.79 Å². The molecular weight excluding hydrogens is 278 g/mol. The van der Waals surface area contributed by atoms with Crippen LogP contribution in [-0.2, 0) is 17.8 Å². The van der Waals surface area contributed by atoms with Crippen molar-refractivity contribution in [3.05, 3.63) is 63.9 Å². The van der Waals surface area contributed by atoms with E-state index >= 15 is 0 Å². The van der Waals surface area contributed by atoms with Gasteiger partial charge >= 0.3 is 0 Å². The van der Waals surface area contributed by atoms with Gasteiger partial charge in [-0.3, -0.25) is 4.79 Å². The molecule has 0 saturated carbocycles. The van der Waals surface area contributed by atoms with Crippen molar-refractivity contribution in [2.24, 2.45) is 5.92 Å². The average Bonchev–Trinajstić information content (AvgIpc) is 2.97. The molecule has 2 nitrogen and oxygen atoms in total. The Morgan fingerprint density at radius 1 is 1.24 bits per heavy atom. The Bertz CT molecular complexity index is 582. The second-order valence-electron chi connectivity index (χ2n) is 5.47. The van der Waals surface area contributed by atoms with Crippen LogP contribution >= 0.6 is 11.3 Å². The topological polar surface area (TPSA) is 29.1 Å². The molecule has 2 aromatic rings. The summed E-state index contributed by atoms with van der Waals surface area (Å²) in [5.74, 6) is 0.601. The quantitative estimate of drug-likeness (QED) is 0.793. The fraction of sp³-hybridized carbons (Fsp3) is 0.278. The monoisotopic (exact) mass is 299 g/mol. The Balaban J connectivity index is 1.83. The lowest BCUT2D eigenvalue weighted by molar-refractivity contribution is -0.116. The van der Waals surface area contributed by atoms with Crippen LogP contribution in [0.15, 0.2) is 47.9 Å². The molecule has 3 heteroatoms. The lowest BCUT2D eigenvalue weighted by atomic mass is 10.0. The van der Waals surface area contributed by atoms with Crippen LogP contribution in [0.2, 0.25) is 0 Å². The highest BCUT2D eigenvalue weighted by atomic mass is 32.1. The molecule has 1 amide bonds. The molecule has 0 saturated heterocycles. The first-order valence-corrected chi connectivity index (χ1v) is 8.08. The zero-order valence-electron chi connectivity index (χ0n) is 12.5. The predicted molar refractivity (Wildman–Crippen MR) is 90.2 cm³/mol. The molecule has 1 heterocycles. The smallest absolute Gasteiger partial charge is 0.244 e. The van der Waals surface area contributed by atoms with Gasteiger partial charge in [0.25, 0.3) is 0 Å². The van der Waals surface area contributed by atoms with Gasteiger partial charge in [0.15, 0.2) is 0 Å². The minimum atomic E-state index is -0.0605. The van der Waals surface area contributed by atoms with Crippen molar-refractivity contribution >= 4 is 23.3 Å². The molecule has 0 fully saturated rings. The Morgan fingerprint density at radius 2 is 2.00 bits per heavy atom. The number of thiophene rings is 1. The summed E-state index contributed by atoms with van der Waals surface area (Å²) in [6.45, 7) is 5.02. The molecule has 1 aromatic carbocycles. The van der Waals surface area contributed by atoms with E-state index in [1.165, 1.54) is 5.56 Å².